The van der Waals surface area contributed by atoms with Gasteiger partial charge in [0.25, 0.3) is 0 Å². The minimum absolute atomic E-state index is 0.151. The predicted molar refractivity (Wildman–Crippen MR) is 71.2 cm³/mol. The van der Waals surface area contributed by atoms with Gasteiger partial charge in [0, 0.05) is 23.3 Å². The van der Waals surface area contributed by atoms with Crippen LogP contribution in [0.1, 0.15) is 5.56 Å². The molecule has 0 radical (unpaired) electrons. The van der Waals surface area contributed by atoms with Gasteiger partial charge in [-0.1, -0.05) is 22.0 Å². The minimum atomic E-state index is -0.417. The topological polar surface area (TPSA) is 34.1 Å². The van der Waals surface area contributed by atoms with Crippen LogP contribution >= 0.6 is 15.9 Å². The minimum Gasteiger partial charge on any atom is -0.436 e. The van der Waals surface area contributed by atoms with Crippen molar-refractivity contribution in [3.05, 3.63) is 52.4 Å². The summed E-state index contributed by atoms with van der Waals surface area (Å²) in [6.07, 6.45) is 1.70. The molecule has 0 bridgehead atoms. The fourth-order valence-corrected chi connectivity index (χ4v) is 1.79. The Morgan fingerprint density at radius 1 is 1.33 bits per heavy atom. The average Bonchev–Trinajstić information content (AvgIpc) is 2.37. The van der Waals surface area contributed by atoms with Crippen LogP contribution in [-0.4, -0.2) is 12.0 Å². The summed E-state index contributed by atoms with van der Waals surface area (Å²) in [5, 5.41) is 3.02. The zero-order valence-electron chi connectivity index (χ0n) is 9.78. The van der Waals surface area contributed by atoms with Crippen molar-refractivity contribution < 1.29 is 9.13 Å². The van der Waals surface area contributed by atoms with Crippen LogP contribution in [-0.2, 0) is 6.54 Å². The smallest absolute Gasteiger partial charge is 0.219 e. The van der Waals surface area contributed by atoms with E-state index in [-0.39, 0.29) is 5.75 Å². The SMILES string of the molecule is CNCc1ccc(Oc2cc(Br)ccc2F)nc1. The summed E-state index contributed by atoms with van der Waals surface area (Å²) >= 11 is 3.27. The van der Waals surface area contributed by atoms with Crippen LogP contribution in [0.4, 0.5) is 4.39 Å². The predicted octanol–water partition coefficient (Wildman–Crippen LogP) is 3.49. The number of pyridine rings is 1. The molecule has 1 N–H and O–H groups in total. The van der Waals surface area contributed by atoms with Crippen molar-refractivity contribution in [3.8, 4) is 11.6 Å². The van der Waals surface area contributed by atoms with E-state index in [2.05, 4.69) is 26.2 Å². The van der Waals surface area contributed by atoms with E-state index in [1.807, 2.05) is 13.1 Å². The second-order valence-corrected chi connectivity index (χ2v) is 4.63. The van der Waals surface area contributed by atoms with Crippen LogP contribution in [0, 0.1) is 5.82 Å². The van der Waals surface area contributed by atoms with Crippen molar-refractivity contribution in [1.29, 1.82) is 0 Å². The molecular formula is C13H12BrFN2O. The van der Waals surface area contributed by atoms with E-state index in [9.17, 15) is 4.39 Å². The average molecular weight is 311 g/mol. The zero-order valence-corrected chi connectivity index (χ0v) is 11.4. The Kier molecular flexibility index (Phi) is 4.28. The van der Waals surface area contributed by atoms with Crippen LogP contribution in [0.15, 0.2) is 41.0 Å². The fraction of sp³-hybridized carbons (Fsp3) is 0.154. The zero-order chi connectivity index (χ0) is 13.0. The van der Waals surface area contributed by atoms with Crippen molar-refractivity contribution in [2.75, 3.05) is 7.05 Å². The van der Waals surface area contributed by atoms with Crippen molar-refractivity contribution in [2.45, 2.75) is 6.54 Å². The summed E-state index contributed by atoms with van der Waals surface area (Å²) in [5.74, 6) is 0.101. The third-order valence-corrected chi connectivity index (χ3v) is 2.78. The third-order valence-electron chi connectivity index (χ3n) is 2.29. The largest absolute Gasteiger partial charge is 0.436 e. The van der Waals surface area contributed by atoms with Crippen molar-refractivity contribution in [1.82, 2.24) is 10.3 Å². The van der Waals surface area contributed by atoms with Gasteiger partial charge >= 0.3 is 0 Å². The van der Waals surface area contributed by atoms with E-state index >= 15 is 0 Å². The Labute approximate surface area is 113 Å². The van der Waals surface area contributed by atoms with Gasteiger partial charge in [0.1, 0.15) is 0 Å². The molecule has 18 heavy (non-hydrogen) atoms. The van der Waals surface area contributed by atoms with Crippen molar-refractivity contribution in [3.63, 3.8) is 0 Å². The van der Waals surface area contributed by atoms with E-state index in [0.29, 0.717) is 5.88 Å². The van der Waals surface area contributed by atoms with Gasteiger partial charge in [0.05, 0.1) is 0 Å². The molecule has 0 saturated carbocycles. The molecule has 3 nitrogen and oxygen atoms in total. The Morgan fingerprint density at radius 2 is 2.17 bits per heavy atom. The number of hydrogen-bond acceptors (Lipinski definition) is 3. The van der Waals surface area contributed by atoms with E-state index in [0.717, 1.165) is 16.6 Å². The molecule has 0 unspecified atom stereocenters. The maximum Gasteiger partial charge on any atom is 0.219 e. The molecule has 2 rings (SSSR count). The Morgan fingerprint density at radius 3 is 2.83 bits per heavy atom. The molecule has 5 heteroatoms. The van der Waals surface area contributed by atoms with Crippen LogP contribution in [0.5, 0.6) is 11.6 Å². The number of nitrogens with one attached hydrogen (secondary N) is 1. The number of rotatable bonds is 4. The lowest BCUT2D eigenvalue weighted by molar-refractivity contribution is 0.427. The summed E-state index contributed by atoms with van der Waals surface area (Å²) in [6.45, 7) is 0.735. The first-order valence-corrected chi connectivity index (χ1v) is 6.21. The number of benzene rings is 1. The number of hydrogen-bond donors (Lipinski definition) is 1. The molecule has 0 amide bonds. The molecule has 1 heterocycles. The highest BCUT2D eigenvalue weighted by atomic mass is 79.9. The van der Waals surface area contributed by atoms with Gasteiger partial charge in [-0.2, -0.15) is 0 Å². The van der Waals surface area contributed by atoms with E-state index in [4.69, 9.17) is 4.74 Å². The highest BCUT2D eigenvalue weighted by Crippen LogP contribution is 2.26. The number of aromatic nitrogens is 1. The first-order valence-electron chi connectivity index (χ1n) is 5.41. The molecule has 1 aromatic carbocycles. The van der Waals surface area contributed by atoms with Gasteiger partial charge in [0.2, 0.25) is 5.88 Å². The first kappa shape index (κ1) is 13.0. The number of halogens is 2. The lowest BCUT2D eigenvalue weighted by Crippen LogP contribution is -2.05. The standard InChI is InChI=1S/C13H12BrFN2O/c1-16-7-9-2-5-13(17-8-9)18-12-6-10(14)3-4-11(12)15/h2-6,8,16H,7H2,1H3. The maximum atomic E-state index is 13.5. The highest BCUT2D eigenvalue weighted by Gasteiger charge is 2.06. The second kappa shape index (κ2) is 5.93. The third kappa shape index (κ3) is 3.27. The summed E-state index contributed by atoms with van der Waals surface area (Å²) < 4.78 is 19.6. The lowest BCUT2D eigenvalue weighted by atomic mass is 10.3. The molecule has 0 spiro atoms. The van der Waals surface area contributed by atoms with E-state index in [1.54, 1.807) is 24.4 Å². The molecule has 94 valence electrons. The monoisotopic (exact) mass is 310 g/mol. The van der Waals surface area contributed by atoms with Crippen LogP contribution in [0.2, 0.25) is 0 Å². The molecule has 2 aromatic rings. The number of nitrogens with zero attached hydrogens (tertiary/aromatic N) is 1. The van der Waals surface area contributed by atoms with Gasteiger partial charge in [0.15, 0.2) is 11.6 Å². The fourth-order valence-electron chi connectivity index (χ4n) is 1.45. The molecule has 0 aliphatic heterocycles. The van der Waals surface area contributed by atoms with E-state index < -0.39 is 5.82 Å². The molecule has 1 aromatic heterocycles. The Hall–Kier alpha value is -1.46. The quantitative estimate of drug-likeness (QED) is 0.938. The van der Waals surface area contributed by atoms with Gasteiger partial charge in [-0.3, -0.25) is 0 Å². The molecule has 0 aliphatic rings. The van der Waals surface area contributed by atoms with Crippen LogP contribution < -0.4 is 10.1 Å². The highest BCUT2D eigenvalue weighted by molar-refractivity contribution is 9.10. The van der Waals surface area contributed by atoms with Gasteiger partial charge in [-0.05, 0) is 30.8 Å². The second-order valence-electron chi connectivity index (χ2n) is 3.71. The van der Waals surface area contributed by atoms with Gasteiger partial charge in [-0.15, -0.1) is 0 Å². The normalized spacial score (nSPS) is 10.4. The first-order chi connectivity index (χ1) is 8.69. The molecule has 0 atom stereocenters. The summed E-state index contributed by atoms with van der Waals surface area (Å²) in [7, 11) is 1.86. The van der Waals surface area contributed by atoms with Crippen molar-refractivity contribution in [2.24, 2.45) is 0 Å². The number of ether oxygens (including phenoxy) is 1. The van der Waals surface area contributed by atoms with Gasteiger partial charge < -0.3 is 10.1 Å². The van der Waals surface area contributed by atoms with Crippen molar-refractivity contribution >= 4 is 15.9 Å². The molecule has 0 saturated heterocycles. The Bertz CT molecular complexity index is 531. The summed E-state index contributed by atoms with van der Waals surface area (Å²) in [4.78, 5) is 4.12. The lowest BCUT2D eigenvalue weighted by Gasteiger charge is -2.07. The molecule has 0 aliphatic carbocycles. The maximum absolute atomic E-state index is 13.5. The Balaban J connectivity index is 2.15. The molecule has 0 fully saturated rings. The van der Waals surface area contributed by atoms with Crippen LogP contribution in [0.3, 0.4) is 0 Å². The van der Waals surface area contributed by atoms with E-state index in [1.165, 1.54) is 6.07 Å². The van der Waals surface area contributed by atoms with Crippen LogP contribution in [0.25, 0.3) is 0 Å². The summed E-state index contributed by atoms with van der Waals surface area (Å²) in [5.41, 5.74) is 1.04. The van der Waals surface area contributed by atoms with Gasteiger partial charge in [-0.25, -0.2) is 9.37 Å². The summed E-state index contributed by atoms with van der Waals surface area (Å²) in [6, 6.07) is 8.13. The molecular weight excluding hydrogens is 299 g/mol.